The van der Waals surface area contributed by atoms with Crippen LogP contribution in [-0.4, -0.2) is 39.4 Å². The van der Waals surface area contributed by atoms with Crippen LogP contribution in [0.1, 0.15) is 5.56 Å². The molecule has 0 bridgehead atoms. The molecule has 1 amide bonds. The number of nitrogens with zero attached hydrogens (tertiary/aromatic N) is 4. The molecule has 7 heteroatoms. The number of fused-ring (bicyclic) bond motifs is 1. The standard InChI is InChI=1S/C17H18ClN5O/c1-11-8-19-9-13(18)16(11)21-17-12-5-7-23(10-15(24)22(2)3)14(12)4-6-20-17/h4-9H,10H2,1-3H3,(H,19,20,21). The van der Waals surface area contributed by atoms with Gasteiger partial charge in [-0.3, -0.25) is 9.78 Å². The molecule has 3 rings (SSSR count). The number of amides is 1. The van der Waals surface area contributed by atoms with Gasteiger partial charge >= 0.3 is 0 Å². The summed E-state index contributed by atoms with van der Waals surface area (Å²) >= 11 is 6.23. The zero-order chi connectivity index (χ0) is 17.3. The first-order valence-electron chi connectivity index (χ1n) is 7.48. The fourth-order valence-electron chi connectivity index (χ4n) is 2.46. The second-order valence-electron chi connectivity index (χ2n) is 5.76. The predicted octanol–water partition coefficient (Wildman–Crippen LogP) is 3.22. The second kappa shape index (κ2) is 6.49. The molecule has 0 aromatic carbocycles. The van der Waals surface area contributed by atoms with E-state index in [-0.39, 0.29) is 12.5 Å². The maximum atomic E-state index is 12.0. The number of carbonyl (C=O) groups excluding carboxylic acids is 1. The first kappa shape index (κ1) is 16.3. The van der Waals surface area contributed by atoms with E-state index in [1.165, 1.54) is 0 Å². The number of carbonyl (C=O) groups is 1. The predicted molar refractivity (Wildman–Crippen MR) is 95.7 cm³/mol. The zero-order valence-electron chi connectivity index (χ0n) is 13.7. The number of rotatable bonds is 4. The number of aromatic nitrogens is 3. The topological polar surface area (TPSA) is 63.1 Å². The van der Waals surface area contributed by atoms with Crippen molar-refractivity contribution in [1.82, 2.24) is 19.4 Å². The summed E-state index contributed by atoms with van der Waals surface area (Å²) in [5.74, 6) is 0.728. The number of nitrogens with one attached hydrogen (secondary N) is 1. The van der Waals surface area contributed by atoms with Crippen LogP contribution in [-0.2, 0) is 11.3 Å². The zero-order valence-corrected chi connectivity index (χ0v) is 14.5. The summed E-state index contributed by atoms with van der Waals surface area (Å²) in [6.07, 6.45) is 6.94. The molecule has 0 unspecified atom stereocenters. The summed E-state index contributed by atoms with van der Waals surface area (Å²) in [6, 6.07) is 3.84. The second-order valence-corrected chi connectivity index (χ2v) is 6.17. The van der Waals surface area contributed by atoms with Gasteiger partial charge in [-0.2, -0.15) is 0 Å². The lowest BCUT2D eigenvalue weighted by Gasteiger charge is -2.13. The molecule has 0 saturated heterocycles. The van der Waals surface area contributed by atoms with E-state index in [1.54, 1.807) is 37.6 Å². The molecular formula is C17H18ClN5O. The Balaban J connectivity index is 1.99. The molecule has 124 valence electrons. The highest BCUT2D eigenvalue weighted by molar-refractivity contribution is 6.33. The average Bonchev–Trinajstić information content (AvgIpc) is 2.95. The molecule has 0 aliphatic rings. The lowest BCUT2D eigenvalue weighted by Crippen LogP contribution is -2.25. The smallest absolute Gasteiger partial charge is 0.241 e. The molecule has 0 aliphatic heterocycles. The van der Waals surface area contributed by atoms with E-state index in [2.05, 4.69) is 15.3 Å². The Hall–Kier alpha value is -2.60. The van der Waals surface area contributed by atoms with Crippen LogP contribution in [0.2, 0.25) is 5.02 Å². The number of halogens is 1. The van der Waals surface area contributed by atoms with Crippen molar-refractivity contribution in [2.45, 2.75) is 13.5 Å². The normalized spacial score (nSPS) is 10.8. The Morgan fingerprint density at radius 1 is 1.33 bits per heavy atom. The summed E-state index contributed by atoms with van der Waals surface area (Å²) in [7, 11) is 3.49. The van der Waals surface area contributed by atoms with Gasteiger partial charge in [0.15, 0.2) is 0 Å². The molecule has 3 aromatic heterocycles. The van der Waals surface area contributed by atoms with E-state index in [0.717, 1.165) is 22.2 Å². The summed E-state index contributed by atoms with van der Waals surface area (Å²) in [4.78, 5) is 22.0. The van der Waals surface area contributed by atoms with Crippen LogP contribution in [0.25, 0.3) is 10.9 Å². The van der Waals surface area contributed by atoms with Crippen molar-refractivity contribution >= 4 is 39.9 Å². The highest BCUT2D eigenvalue weighted by atomic mass is 35.5. The van der Waals surface area contributed by atoms with Crippen molar-refractivity contribution in [3.05, 3.63) is 47.5 Å². The average molecular weight is 344 g/mol. The maximum absolute atomic E-state index is 12.0. The molecule has 1 N–H and O–H groups in total. The van der Waals surface area contributed by atoms with E-state index in [4.69, 9.17) is 11.6 Å². The van der Waals surface area contributed by atoms with Crippen LogP contribution in [0.4, 0.5) is 11.5 Å². The van der Waals surface area contributed by atoms with Crippen LogP contribution in [0, 0.1) is 6.92 Å². The Morgan fingerprint density at radius 3 is 2.83 bits per heavy atom. The maximum Gasteiger partial charge on any atom is 0.241 e. The lowest BCUT2D eigenvalue weighted by atomic mass is 10.2. The summed E-state index contributed by atoms with van der Waals surface area (Å²) in [5, 5.41) is 4.75. The van der Waals surface area contributed by atoms with Gasteiger partial charge < -0.3 is 14.8 Å². The molecule has 0 aliphatic carbocycles. The molecule has 3 aromatic rings. The van der Waals surface area contributed by atoms with Crippen LogP contribution in [0.15, 0.2) is 36.9 Å². The first-order valence-corrected chi connectivity index (χ1v) is 7.86. The molecule has 0 spiro atoms. The van der Waals surface area contributed by atoms with Crippen LogP contribution in [0.3, 0.4) is 0 Å². The van der Waals surface area contributed by atoms with Gasteiger partial charge in [-0.1, -0.05) is 11.6 Å². The molecule has 0 atom stereocenters. The van der Waals surface area contributed by atoms with Crippen molar-refractivity contribution in [2.24, 2.45) is 0 Å². The fraction of sp³-hybridized carbons (Fsp3) is 0.235. The van der Waals surface area contributed by atoms with Gasteiger partial charge in [0.25, 0.3) is 0 Å². The lowest BCUT2D eigenvalue weighted by molar-refractivity contribution is -0.129. The molecule has 6 nitrogen and oxygen atoms in total. The Morgan fingerprint density at radius 2 is 2.12 bits per heavy atom. The molecule has 0 radical (unpaired) electrons. The third-order valence-corrected chi connectivity index (χ3v) is 4.12. The fourth-order valence-corrected chi connectivity index (χ4v) is 2.71. The monoisotopic (exact) mass is 343 g/mol. The highest BCUT2D eigenvalue weighted by Crippen LogP contribution is 2.30. The van der Waals surface area contributed by atoms with E-state index < -0.39 is 0 Å². The van der Waals surface area contributed by atoms with Crippen LogP contribution in [0.5, 0.6) is 0 Å². The number of pyridine rings is 2. The first-order chi connectivity index (χ1) is 11.5. The van der Waals surface area contributed by atoms with E-state index >= 15 is 0 Å². The SMILES string of the molecule is Cc1cncc(Cl)c1Nc1nccc2c1ccn2CC(=O)N(C)C. The largest absolute Gasteiger partial charge is 0.347 e. The quantitative estimate of drug-likeness (QED) is 0.790. The third kappa shape index (κ3) is 3.05. The van der Waals surface area contributed by atoms with Crippen LogP contribution >= 0.6 is 11.6 Å². The number of likely N-dealkylation sites (N-methyl/N-ethyl adjacent to an activating group) is 1. The van der Waals surface area contributed by atoms with E-state index in [1.807, 2.05) is 29.8 Å². The van der Waals surface area contributed by atoms with E-state index in [0.29, 0.717) is 10.8 Å². The van der Waals surface area contributed by atoms with Crippen LogP contribution < -0.4 is 5.32 Å². The minimum atomic E-state index is 0.0341. The number of hydrogen-bond donors (Lipinski definition) is 1. The Bertz CT molecular complexity index is 883. The van der Waals surface area contributed by atoms with E-state index in [9.17, 15) is 4.79 Å². The van der Waals surface area contributed by atoms with Crippen molar-refractivity contribution in [3.63, 3.8) is 0 Å². The van der Waals surface area contributed by atoms with Crippen molar-refractivity contribution in [2.75, 3.05) is 19.4 Å². The molecule has 0 fully saturated rings. The van der Waals surface area contributed by atoms with Gasteiger partial charge in [0.05, 0.1) is 16.2 Å². The van der Waals surface area contributed by atoms with Crippen molar-refractivity contribution < 1.29 is 4.79 Å². The van der Waals surface area contributed by atoms with Gasteiger partial charge in [0, 0.05) is 44.3 Å². The Kier molecular flexibility index (Phi) is 4.40. The molecule has 3 heterocycles. The van der Waals surface area contributed by atoms with Crippen molar-refractivity contribution in [3.8, 4) is 0 Å². The number of anilines is 2. The van der Waals surface area contributed by atoms with Gasteiger partial charge in [-0.15, -0.1) is 0 Å². The molecular weight excluding hydrogens is 326 g/mol. The van der Waals surface area contributed by atoms with Crippen molar-refractivity contribution in [1.29, 1.82) is 0 Å². The molecule has 24 heavy (non-hydrogen) atoms. The van der Waals surface area contributed by atoms with Gasteiger partial charge in [0.1, 0.15) is 12.4 Å². The van der Waals surface area contributed by atoms with Gasteiger partial charge in [0.2, 0.25) is 5.91 Å². The third-order valence-electron chi connectivity index (χ3n) is 3.83. The molecule has 0 saturated carbocycles. The summed E-state index contributed by atoms with van der Waals surface area (Å²) in [5.41, 5.74) is 2.65. The summed E-state index contributed by atoms with van der Waals surface area (Å²) in [6.45, 7) is 2.22. The number of hydrogen-bond acceptors (Lipinski definition) is 4. The minimum absolute atomic E-state index is 0.0341. The number of aryl methyl sites for hydroxylation is 1. The Labute approximate surface area is 145 Å². The summed E-state index contributed by atoms with van der Waals surface area (Å²) < 4.78 is 1.91. The minimum Gasteiger partial charge on any atom is -0.347 e. The highest BCUT2D eigenvalue weighted by Gasteiger charge is 2.12. The van der Waals surface area contributed by atoms with Gasteiger partial charge in [-0.25, -0.2) is 4.98 Å². The van der Waals surface area contributed by atoms with Gasteiger partial charge in [-0.05, 0) is 24.6 Å².